The molecule has 6 aliphatic rings. The molecule has 0 fully saturated rings. The lowest BCUT2D eigenvalue weighted by atomic mass is 9.38. The molecule has 15 rings (SSSR count). The summed E-state index contributed by atoms with van der Waals surface area (Å²) >= 11 is 0. The van der Waals surface area contributed by atoms with Crippen molar-refractivity contribution in [2.45, 2.75) is 37.0 Å². The lowest BCUT2D eigenvalue weighted by Crippen LogP contribution is -2.64. The monoisotopic (exact) mass is 759 g/mol. The maximum atomic E-state index is 2.81. The van der Waals surface area contributed by atoms with Crippen LogP contribution in [0.5, 0.6) is 0 Å². The van der Waals surface area contributed by atoms with Gasteiger partial charge in [0.2, 0.25) is 0 Å². The number of hydrogen-bond acceptors (Lipinski definition) is 1. The van der Waals surface area contributed by atoms with Crippen molar-refractivity contribution in [2.75, 3.05) is 4.81 Å². The van der Waals surface area contributed by atoms with E-state index in [0.29, 0.717) is 0 Å². The third kappa shape index (κ3) is 3.48. The second-order valence-electron chi connectivity index (χ2n) is 18.6. The molecule has 278 valence electrons. The zero-order valence-electron chi connectivity index (χ0n) is 33.6. The molecular weight excluding hydrogens is 721 g/mol. The van der Waals surface area contributed by atoms with Crippen molar-refractivity contribution in [3.63, 3.8) is 0 Å². The van der Waals surface area contributed by atoms with Crippen LogP contribution >= 0.6 is 0 Å². The topological polar surface area (TPSA) is 3.24 Å². The first-order chi connectivity index (χ1) is 29.5. The number of benzene rings is 9. The van der Waals surface area contributed by atoms with Gasteiger partial charge in [-0.05, 0) is 129 Å². The highest BCUT2D eigenvalue weighted by Gasteiger charge is 2.57. The van der Waals surface area contributed by atoms with E-state index in [9.17, 15) is 0 Å². The van der Waals surface area contributed by atoms with Crippen LogP contribution in [0.4, 0.5) is 11.4 Å². The van der Waals surface area contributed by atoms with Crippen LogP contribution in [0.1, 0.15) is 69.8 Å². The normalized spacial score (nSPS) is 17.5. The largest absolute Gasteiger partial charge is 0.376 e. The third-order valence-corrected chi connectivity index (χ3v) is 15.8. The van der Waals surface area contributed by atoms with Gasteiger partial charge in [0.25, 0.3) is 0 Å². The first-order valence-corrected chi connectivity index (χ1v) is 21.7. The summed E-state index contributed by atoms with van der Waals surface area (Å²) in [4.78, 5) is 2.81. The van der Waals surface area contributed by atoms with Crippen molar-refractivity contribution in [1.82, 2.24) is 0 Å². The second-order valence-corrected chi connectivity index (χ2v) is 18.6. The van der Waals surface area contributed by atoms with Crippen LogP contribution in [0.2, 0.25) is 0 Å². The van der Waals surface area contributed by atoms with Gasteiger partial charge in [0.1, 0.15) is 0 Å². The van der Waals surface area contributed by atoms with E-state index in [1.54, 1.807) is 0 Å². The van der Waals surface area contributed by atoms with Crippen LogP contribution in [-0.2, 0) is 17.3 Å². The van der Waals surface area contributed by atoms with E-state index in [1.165, 1.54) is 128 Å². The van der Waals surface area contributed by atoms with E-state index in [0.717, 1.165) is 6.42 Å². The van der Waals surface area contributed by atoms with E-state index in [1.807, 2.05) is 0 Å². The van der Waals surface area contributed by atoms with Gasteiger partial charge >= 0.3 is 6.85 Å². The maximum Gasteiger partial charge on any atom is 0.329 e. The average molecular weight is 760 g/mol. The Morgan fingerprint density at radius 2 is 1.08 bits per heavy atom. The minimum atomic E-state index is -0.464. The number of anilines is 2. The quantitative estimate of drug-likeness (QED) is 0.139. The summed E-state index contributed by atoms with van der Waals surface area (Å²) in [6, 6.07) is 68.3. The standard InChI is InChI=1S/C58H38BN/c1-57(2)44-22-8-7-19-39(44)53-49(57)32-43-42-31-35-29-33-15-3-4-16-34(33)30-41(35)38-20-14-27-50(52(38)42)59-55(43)54(53)40-21-13-26-48-56(40)60(59)51-28-12-11-25-47(51)58(48)45-23-9-5-17-36(45)37-18-6-10-24-46(37)58/h3-30,32,42H,31H2,1-2H3. The van der Waals surface area contributed by atoms with Crippen molar-refractivity contribution < 1.29 is 0 Å². The molecule has 9 aromatic rings. The highest BCUT2D eigenvalue weighted by Crippen LogP contribution is 2.66. The molecule has 1 atom stereocenters. The van der Waals surface area contributed by atoms with Gasteiger partial charge in [0, 0.05) is 28.3 Å². The van der Waals surface area contributed by atoms with Gasteiger partial charge in [-0.2, -0.15) is 0 Å². The van der Waals surface area contributed by atoms with Gasteiger partial charge in [-0.15, -0.1) is 0 Å². The summed E-state index contributed by atoms with van der Waals surface area (Å²) in [6.07, 6.45) is 0.996. The number of nitrogens with zero attached hydrogens (tertiary/aromatic N) is 1. The van der Waals surface area contributed by atoms with Crippen molar-refractivity contribution in [3.05, 3.63) is 226 Å². The summed E-state index contributed by atoms with van der Waals surface area (Å²) < 4.78 is 0. The number of para-hydroxylation sites is 2. The van der Waals surface area contributed by atoms with Crippen molar-refractivity contribution >= 4 is 39.9 Å². The maximum absolute atomic E-state index is 2.81. The van der Waals surface area contributed by atoms with Crippen LogP contribution in [-0.4, -0.2) is 6.85 Å². The first kappa shape index (κ1) is 32.0. The van der Waals surface area contributed by atoms with Crippen molar-refractivity contribution in [2.24, 2.45) is 0 Å². The lowest BCUT2D eigenvalue weighted by Gasteiger charge is -2.53. The predicted octanol–water partition coefficient (Wildman–Crippen LogP) is 12.4. The van der Waals surface area contributed by atoms with Crippen LogP contribution in [0.25, 0.3) is 55.3 Å². The van der Waals surface area contributed by atoms with Crippen molar-refractivity contribution in [3.8, 4) is 44.5 Å². The Balaban J connectivity index is 1.13. The average Bonchev–Trinajstić information content (AvgIpc) is 3.71. The second kappa shape index (κ2) is 10.6. The van der Waals surface area contributed by atoms with E-state index < -0.39 is 5.41 Å². The fraction of sp³-hybridized carbons (Fsp3) is 0.103. The predicted molar refractivity (Wildman–Crippen MR) is 249 cm³/mol. The molecule has 0 saturated heterocycles. The Morgan fingerprint density at radius 1 is 0.483 bits per heavy atom. The highest BCUT2D eigenvalue weighted by molar-refractivity contribution is 6.92. The fourth-order valence-electron chi connectivity index (χ4n) is 13.6. The van der Waals surface area contributed by atoms with Crippen LogP contribution in [0, 0.1) is 0 Å². The molecule has 3 heterocycles. The Labute approximate surface area is 350 Å². The number of hydrogen-bond donors (Lipinski definition) is 0. The summed E-state index contributed by atoms with van der Waals surface area (Å²) in [6.45, 7) is 4.93. The minimum absolute atomic E-state index is 0.00317. The van der Waals surface area contributed by atoms with Crippen LogP contribution < -0.4 is 15.7 Å². The van der Waals surface area contributed by atoms with Crippen molar-refractivity contribution in [1.29, 1.82) is 0 Å². The fourth-order valence-corrected chi connectivity index (χ4v) is 13.6. The highest BCUT2D eigenvalue weighted by atomic mass is 15.1. The minimum Gasteiger partial charge on any atom is -0.376 e. The molecule has 3 aliphatic carbocycles. The molecule has 1 unspecified atom stereocenters. The van der Waals surface area contributed by atoms with Gasteiger partial charge in [-0.3, -0.25) is 0 Å². The summed E-state index contributed by atoms with van der Waals surface area (Å²) in [5.74, 6) is 0.254. The van der Waals surface area contributed by atoms with E-state index in [4.69, 9.17) is 0 Å². The van der Waals surface area contributed by atoms with E-state index in [-0.39, 0.29) is 18.2 Å². The molecule has 0 aromatic heterocycles. The summed E-state index contributed by atoms with van der Waals surface area (Å²) in [5.41, 5.74) is 29.1. The molecule has 3 aliphatic heterocycles. The smallest absolute Gasteiger partial charge is 0.329 e. The van der Waals surface area contributed by atoms with Gasteiger partial charge in [0.15, 0.2) is 0 Å². The van der Waals surface area contributed by atoms with Crippen LogP contribution in [0.15, 0.2) is 176 Å². The first-order valence-electron chi connectivity index (χ1n) is 21.7. The summed E-state index contributed by atoms with van der Waals surface area (Å²) in [7, 11) is 0. The molecule has 2 heteroatoms. The molecule has 0 saturated carbocycles. The van der Waals surface area contributed by atoms with Gasteiger partial charge < -0.3 is 4.81 Å². The van der Waals surface area contributed by atoms with E-state index >= 15 is 0 Å². The molecule has 9 aromatic carbocycles. The molecule has 1 nitrogen and oxygen atoms in total. The molecule has 60 heavy (non-hydrogen) atoms. The number of fused-ring (bicyclic) bond motifs is 20. The van der Waals surface area contributed by atoms with E-state index in [2.05, 4.69) is 195 Å². The molecule has 0 amide bonds. The summed E-state index contributed by atoms with van der Waals surface area (Å²) in [5, 5.41) is 2.64. The Morgan fingerprint density at radius 3 is 1.87 bits per heavy atom. The lowest BCUT2D eigenvalue weighted by molar-refractivity contribution is 0.657. The Bertz CT molecular complexity index is 3430. The molecule has 0 radical (unpaired) electrons. The zero-order valence-corrected chi connectivity index (χ0v) is 33.6. The van der Waals surface area contributed by atoms with Crippen LogP contribution in [0.3, 0.4) is 0 Å². The van der Waals surface area contributed by atoms with Gasteiger partial charge in [-0.1, -0.05) is 178 Å². The van der Waals surface area contributed by atoms with Gasteiger partial charge in [-0.25, -0.2) is 0 Å². The number of rotatable bonds is 0. The zero-order chi connectivity index (χ0) is 39.2. The molecule has 1 spiro atoms. The third-order valence-electron chi connectivity index (χ3n) is 15.8. The SMILES string of the molecule is CC1(C)c2ccccc2-c2c1cc1c3c2-c2cccc4c2N(B3c2cccc3c2C1Cc1cc2ccccc2cc1-3)c1ccccc1C41c2ccccc2-c2ccccc21. The van der Waals surface area contributed by atoms with Gasteiger partial charge in [0.05, 0.1) is 5.41 Å². The molecule has 0 bridgehead atoms. The Hall–Kier alpha value is -6.90. The molecular formula is C58H38BN. The molecule has 0 N–H and O–H groups in total. The Kier molecular flexibility index (Phi) is 5.68.